The van der Waals surface area contributed by atoms with Gasteiger partial charge in [0.05, 0.1) is 12.3 Å². The largest absolute Gasteiger partial charge is 0.492 e. The number of amides is 1. The zero-order valence-electron chi connectivity index (χ0n) is 12.1. The van der Waals surface area contributed by atoms with E-state index < -0.39 is 0 Å². The number of hydrogen-bond donors (Lipinski definition) is 2. The third-order valence-corrected chi connectivity index (χ3v) is 3.36. The molecule has 0 aliphatic heterocycles. The molecule has 1 saturated carbocycles. The van der Waals surface area contributed by atoms with Crippen molar-refractivity contribution in [1.82, 2.24) is 15.2 Å². The van der Waals surface area contributed by atoms with E-state index in [0.29, 0.717) is 24.0 Å². The van der Waals surface area contributed by atoms with E-state index in [1.165, 1.54) is 0 Å². The van der Waals surface area contributed by atoms with E-state index in [-0.39, 0.29) is 11.7 Å². The number of H-pyrrole nitrogens is 1. The van der Waals surface area contributed by atoms with E-state index in [1.54, 1.807) is 0 Å². The summed E-state index contributed by atoms with van der Waals surface area (Å²) in [5.41, 5.74) is 1.70. The molecule has 6 nitrogen and oxygen atoms in total. The van der Waals surface area contributed by atoms with Gasteiger partial charge in [0, 0.05) is 5.92 Å². The topological polar surface area (TPSA) is 79.9 Å². The summed E-state index contributed by atoms with van der Waals surface area (Å²) in [6.45, 7) is 4.43. The van der Waals surface area contributed by atoms with Gasteiger partial charge in [0.15, 0.2) is 0 Å². The minimum atomic E-state index is -0.331. The molecule has 0 radical (unpaired) electrons. The lowest BCUT2D eigenvalue weighted by molar-refractivity contribution is 0.101. The lowest BCUT2D eigenvalue weighted by atomic mass is 10.2. The summed E-state index contributed by atoms with van der Waals surface area (Å²) < 4.78 is 5.54. The number of hydrogen-bond acceptors (Lipinski definition) is 4. The van der Waals surface area contributed by atoms with Crippen molar-refractivity contribution >= 4 is 11.6 Å². The fourth-order valence-corrected chi connectivity index (χ4v) is 2.10. The summed E-state index contributed by atoms with van der Waals surface area (Å²) in [4.78, 5) is 16.4. The summed E-state index contributed by atoms with van der Waals surface area (Å²) in [5.74, 6) is 1.73. The van der Waals surface area contributed by atoms with Crippen molar-refractivity contribution in [3.05, 3.63) is 35.4 Å². The lowest BCUT2D eigenvalue weighted by Crippen LogP contribution is -2.14. The third-order valence-electron chi connectivity index (χ3n) is 3.36. The Hall–Kier alpha value is -2.37. The van der Waals surface area contributed by atoms with Crippen molar-refractivity contribution in [2.75, 3.05) is 11.9 Å². The highest BCUT2D eigenvalue weighted by atomic mass is 16.5. The van der Waals surface area contributed by atoms with Gasteiger partial charge in [-0.15, -0.1) is 5.10 Å². The maximum absolute atomic E-state index is 12.2. The molecule has 0 bridgehead atoms. The summed E-state index contributed by atoms with van der Waals surface area (Å²) in [7, 11) is 0. The van der Waals surface area contributed by atoms with Gasteiger partial charge in [-0.05, 0) is 44.4 Å². The van der Waals surface area contributed by atoms with Gasteiger partial charge in [0.25, 0.3) is 5.91 Å². The van der Waals surface area contributed by atoms with E-state index >= 15 is 0 Å². The molecule has 0 atom stereocenters. The van der Waals surface area contributed by atoms with E-state index in [2.05, 4.69) is 20.5 Å². The Bertz CT molecular complexity index is 661. The zero-order valence-corrected chi connectivity index (χ0v) is 12.1. The Kier molecular flexibility index (Phi) is 3.60. The number of ether oxygens (including phenoxy) is 1. The molecule has 2 aromatic rings. The van der Waals surface area contributed by atoms with Crippen molar-refractivity contribution < 1.29 is 9.53 Å². The molecule has 1 aromatic carbocycles. The Morgan fingerprint density at radius 3 is 3.00 bits per heavy atom. The standard InChI is InChI=1S/C15H18N4O2/c1-3-21-12-8-9(2)4-7-11(12)16-15(20)14-17-13(18-19-14)10-5-6-10/h4,7-8,10H,3,5-6H2,1-2H3,(H,16,20)(H,17,18,19). The average molecular weight is 286 g/mol. The Morgan fingerprint density at radius 1 is 1.48 bits per heavy atom. The highest BCUT2D eigenvalue weighted by Gasteiger charge is 2.28. The predicted molar refractivity (Wildman–Crippen MR) is 78.7 cm³/mol. The minimum Gasteiger partial charge on any atom is -0.492 e. The normalized spacial score (nSPS) is 14.0. The van der Waals surface area contributed by atoms with Crippen LogP contribution in [0.1, 0.15) is 47.7 Å². The first-order valence-corrected chi connectivity index (χ1v) is 7.14. The number of aryl methyl sites for hydroxylation is 1. The van der Waals surface area contributed by atoms with Crippen molar-refractivity contribution in [3.8, 4) is 5.75 Å². The molecule has 1 amide bonds. The smallest absolute Gasteiger partial charge is 0.295 e. The van der Waals surface area contributed by atoms with Crippen LogP contribution in [0.15, 0.2) is 18.2 Å². The van der Waals surface area contributed by atoms with E-state index in [1.807, 2.05) is 32.0 Å². The van der Waals surface area contributed by atoms with Crippen molar-refractivity contribution in [2.45, 2.75) is 32.6 Å². The monoisotopic (exact) mass is 286 g/mol. The zero-order chi connectivity index (χ0) is 14.8. The van der Waals surface area contributed by atoms with Crippen LogP contribution in [-0.4, -0.2) is 27.7 Å². The molecule has 0 saturated heterocycles. The number of aromatic nitrogens is 3. The molecular formula is C15H18N4O2. The predicted octanol–water partition coefficient (Wildman–Crippen LogP) is 2.64. The number of carbonyl (C=O) groups is 1. The number of aromatic amines is 1. The third kappa shape index (κ3) is 3.04. The fraction of sp³-hybridized carbons (Fsp3) is 0.400. The molecule has 2 N–H and O–H groups in total. The maximum Gasteiger partial charge on any atom is 0.295 e. The van der Waals surface area contributed by atoms with E-state index in [9.17, 15) is 4.79 Å². The van der Waals surface area contributed by atoms with Crippen LogP contribution in [0, 0.1) is 6.92 Å². The minimum absolute atomic E-state index is 0.167. The number of anilines is 1. The highest BCUT2D eigenvalue weighted by Crippen LogP contribution is 2.37. The first kappa shape index (κ1) is 13.6. The van der Waals surface area contributed by atoms with E-state index in [0.717, 1.165) is 24.2 Å². The van der Waals surface area contributed by atoms with Gasteiger partial charge >= 0.3 is 0 Å². The van der Waals surface area contributed by atoms with Gasteiger partial charge in [-0.1, -0.05) is 6.07 Å². The van der Waals surface area contributed by atoms with Gasteiger partial charge in [-0.2, -0.15) is 0 Å². The summed E-state index contributed by atoms with van der Waals surface area (Å²) in [5, 5.41) is 9.61. The molecule has 3 rings (SSSR count). The van der Waals surface area contributed by atoms with Crippen molar-refractivity contribution in [2.24, 2.45) is 0 Å². The van der Waals surface area contributed by atoms with Gasteiger partial charge in [0.2, 0.25) is 5.82 Å². The fourth-order valence-electron chi connectivity index (χ4n) is 2.10. The average Bonchev–Trinajstić information content (AvgIpc) is 3.19. The molecule has 0 unspecified atom stereocenters. The number of benzene rings is 1. The molecule has 21 heavy (non-hydrogen) atoms. The van der Waals surface area contributed by atoms with Crippen LogP contribution in [0.4, 0.5) is 5.69 Å². The van der Waals surface area contributed by atoms with Crippen LogP contribution in [0.25, 0.3) is 0 Å². The number of nitrogens with zero attached hydrogens (tertiary/aromatic N) is 2. The molecule has 1 heterocycles. The van der Waals surface area contributed by atoms with Crippen LogP contribution in [-0.2, 0) is 0 Å². The van der Waals surface area contributed by atoms with Crippen LogP contribution in [0.5, 0.6) is 5.75 Å². The SMILES string of the molecule is CCOc1cc(C)ccc1NC(=O)c1n[nH]c(C2CC2)n1. The first-order valence-electron chi connectivity index (χ1n) is 7.14. The number of carbonyl (C=O) groups excluding carboxylic acids is 1. The second-order valence-electron chi connectivity index (χ2n) is 5.21. The Labute approximate surface area is 122 Å². The molecule has 1 aliphatic carbocycles. The summed E-state index contributed by atoms with van der Waals surface area (Å²) in [6.07, 6.45) is 2.23. The molecule has 1 fully saturated rings. The van der Waals surface area contributed by atoms with Gasteiger partial charge in [-0.25, -0.2) is 4.98 Å². The first-order chi connectivity index (χ1) is 10.2. The lowest BCUT2D eigenvalue weighted by Gasteiger charge is -2.11. The van der Waals surface area contributed by atoms with E-state index in [4.69, 9.17) is 4.74 Å². The Morgan fingerprint density at radius 2 is 2.29 bits per heavy atom. The molecule has 110 valence electrons. The number of nitrogens with one attached hydrogen (secondary N) is 2. The quantitative estimate of drug-likeness (QED) is 0.885. The van der Waals surface area contributed by atoms with Crippen molar-refractivity contribution in [3.63, 3.8) is 0 Å². The van der Waals surface area contributed by atoms with Crippen molar-refractivity contribution in [1.29, 1.82) is 0 Å². The van der Waals surface area contributed by atoms with Gasteiger partial charge in [0.1, 0.15) is 11.6 Å². The molecule has 1 aromatic heterocycles. The summed E-state index contributed by atoms with van der Waals surface area (Å²) >= 11 is 0. The van der Waals surface area contributed by atoms with Gasteiger partial charge in [-0.3, -0.25) is 9.89 Å². The number of rotatable bonds is 5. The molecule has 6 heteroatoms. The molecular weight excluding hydrogens is 268 g/mol. The van der Waals surface area contributed by atoms with Crippen LogP contribution < -0.4 is 10.1 Å². The Balaban J connectivity index is 1.76. The molecule has 0 spiro atoms. The second kappa shape index (κ2) is 5.55. The van der Waals surface area contributed by atoms with Crippen LogP contribution in [0.3, 0.4) is 0 Å². The summed E-state index contributed by atoms with van der Waals surface area (Å²) in [6, 6.07) is 5.64. The maximum atomic E-state index is 12.2. The highest BCUT2D eigenvalue weighted by molar-refractivity contribution is 6.02. The second-order valence-corrected chi connectivity index (χ2v) is 5.21. The van der Waals surface area contributed by atoms with Gasteiger partial charge < -0.3 is 10.1 Å². The van der Waals surface area contributed by atoms with Crippen LogP contribution in [0.2, 0.25) is 0 Å². The molecule has 1 aliphatic rings. The van der Waals surface area contributed by atoms with Crippen LogP contribution >= 0.6 is 0 Å².